The average Bonchev–Trinajstić information content (AvgIpc) is 2.64. The maximum absolute atomic E-state index is 6.11. The van der Waals surface area contributed by atoms with E-state index in [0.717, 1.165) is 30.6 Å². The first-order valence-corrected chi connectivity index (χ1v) is 6.32. The molecule has 3 rings (SSSR count). The van der Waals surface area contributed by atoms with Gasteiger partial charge in [-0.25, -0.2) is 9.99 Å². The number of nitrogens with zero attached hydrogens (tertiary/aromatic N) is 5. The topological polar surface area (TPSA) is 96.6 Å². The van der Waals surface area contributed by atoms with E-state index in [9.17, 15) is 0 Å². The lowest BCUT2D eigenvalue weighted by molar-refractivity contribution is 0.203. The van der Waals surface area contributed by atoms with Crippen LogP contribution in [0.1, 0.15) is 43.2 Å². The third kappa shape index (κ3) is 1.95. The molecule has 96 valence electrons. The molecule has 18 heavy (non-hydrogen) atoms. The summed E-state index contributed by atoms with van der Waals surface area (Å²) in [5.41, 5.74) is 2.32. The van der Waals surface area contributed by atoms with Gasteiger partial charge in [-0.3, -0.25) is 10.9 Å². The van der Waals surface area contributed by atoms with Gasteiger partial charge in [-0.1, -0.05) is 12.8 Å². The number of hydrogen-bond donors (Lipinski definition) is 2. The number of H-pyrrole nitrogens is 1. The Morgan fingerprint density at radius 3 is 3.06 bits per heavy atom. The SMILES string of the molecule is Cc1nnc2[nH]nc(C3CCCCCN3N)c2n1. The van der Waals surface area contributed by atoms with E-state index in [2.05, 4.69) is 25.4 Å². The van der Waals surface area contributed by atoms with Crippen LogP contribution in [0.15, 0.2) is 0 Å². The highest BCUT2D eigenvalue weighted by molar-refractivity contribution is 5.72. The highest BCUT2D eigenvalue weighted by Gasteiger charge is 2.25. The summed E-state index contributed by atoms with van der Waals surface area (Å²) in [6, 6.07) is 0.123. The zero-order valence-electron chi connectivity index (χ0n) is 10.4. The largest absolute Gasteiger partial charge is 0.268 e. The summed E-state index contributed by atoms with van der Waals surface area (Å²) < 4.78 is 0. The molecular weight excluding hydrogens is 230 g/mol. The molecule has 3 N–H and O–H groups in total. The summed E-state index contributed by atoms with van der Waals surface area (Å²) in [6.45, 7) is 2.73. The van der Waals surface area contributed by atoms with Crippen LogP contribution in [0, 0.1) is 6.92 Å². The number of aryl methyl sites for hydroxylation is 1. The Morgan fingerprint density at radius 2 is 2.17 bits per heavy atom. The molecule has 1 fully saturated rings. The second kappa shape index (κ2) is 4.58. The van der Waals surface area contributed by atoms with Gasteiger partial charge >= 0.3 is 0 Å². The van der Waals surface area contributed by atoms with Crippen molar-refractivity contribution in [1.29, 1.82) is 0 Å². The van der Waals surface area contributed by atoms with E-state index in [1.54, 1.807) is 0 Å². The molecule has 0 bridgehead atoms. The number of nitrogens with one attached hydrogen (secondary N) is 1. The standard InChI is InChI=1S/C11H17N7/c1-7-13-10-9(15-17-11(10)16-14-7)8-5-3-2-4-6-18(8)12/h8H,2-6,12H2,1H3,(H,15,16,17). The molecule has 1 unspecified atom stereocenters. The maximum Gasteiger partial charge on any atom is 0.196 e. The zero-order valence-corrected chi connectivity index (χ0v) is 10.4. The quantitative estimate of drug-likeness (QED) is 0.725. The summed E-state index contributed by atoms with van der Waals surface area (Å²) >= 11 is 0. The van der Waals surface area contributed by atoms with Gasteiger partial charge in [0.2, 0.25) is 0 Å². The molecule has 2 aromatic rings. The van der Waals surface area contributed by atoms with Crippen LogP contribution in [0.2, 0.25) is 0 Å². The summed E-state index contributed by atoms with van der Waals surface area (Å²) in [5.74, 6) is 6.77. The highest BCUT2D eigenvalue weighted by Crippen LogP contribution is 2.29. The van der Waals surface area contributed by atoms with Gasteiger partial charge in [0.25, 0.3) is 0 Å². The van der Waals surface area contributed by atoms with Crippen LogP contribution >= 0.6 is 0 Å². The average molecular weight is 247 g/mol. The molecule has 0 aromatic carbocycles. The van der Waals surface area contributed by atoms with Crippen molar-refractivity contribution in [3.8, 4) is 0 Å². The van der Waals surface area contributed by atoms with Crippen molar-refractivity contribution in [3.63, 3.8) is 0 Å². The minimum Gasteiger partial charge on any atom is -0.268 e. The molecule has 0 saturated carbocycles. The first-order valence-electron chi connectivity index (χ1n) is 6.32. The Morgan fingerprint density at radius 1 is 1.28 bits per heavy atom. The number of rotatable bonds is 1. The van der Waals surface area contributed by atoms with Gasteiger partial charge in [0, 0.05) is 6.54 Å². The predicted molar refractivity (Wildman–Crippen MR) is 66.3 cm³/mol. The van der Waals surface area contributed by atoms with Crippen molar-refractivity contribution in [2.45, 2.75) is 38.6 Å². The lowest BCUT2D eigenvalue weighted by Crippen LogP contribution is -2.35. The molecule has 1 aliphatic heterocycles. The summed E-state index contributed by atoms with van der Waals surface area (Å²) in [6.07, 6.45) is 4.55. The molecule has 1 saturated heterocycles. The van der Waals surface area contributed by atoms with Crippen molar-refractivity contribution >= 4 is 11.2 Å². The fraction of sp³-hybridized carbons (Fsp3) is 0.636. The van der Waals surface area contributed by atoms with Crippen molar-refractivity contribution in [2.24, 2.45) is 5.84 Å². The van der Waals surface area contributed by atoms with E-state index >= 15 is 0 Å². The Balaban J connectivity index is 2.04. The smallest absolute Gasteiger partial charge is 0.196 e. The fourth-order valence-corrected chi connectivity index (χ4v) is 2.48. The van der Waals surface area contributed by atoms with Crippen LogP contribution in [-0.2, 0) is 0 Å². The van der Waals surface area contributed by atoms with Gasteiger partial charge in [-0.15, -0.1) is 10.2 Å². The molecule has 7 heteroatoms. The zero-order chi connectivity index (χ0) is 12.5. The minimum absolute atomic E-state index is 0.123. The third-order valence-corrected chi connectivity index (χ3v) is 3.43. The Kier molecular flexibility index (Phi) is 2.92. The number of fused-ring (bicyclic) bond motifs is 1. The van der Waals surface area contributed by atoms with E-state index in [1.807, 2.05) is 11.9 Å². The van der Waals surface area contributed by atoms with E-state index in [1.165, 1.54) is 12.8 Å². The van der Waals surface area contributed by atoms with Gasteiger partial charge in [0.1, 0.15) is 17.0 Å². The molecule has 1 atom stereocenters. The van der Waals surface area contributed by atoms with Crippen LogP contribution in [0.4, 0.5) is 0 Å². The first kappa shape index (κ1) is 11.5. The van der Waals surface area contributed by atoms with E-state index < -0.39 is 0 Å². The summed E-state index contributed by atoms with van der Waals surface area (Å²) in [5, 5.41) is 17.1. The second-order valence-corrected chi connectivity index (χ2v) is 4.77. The van der Waals surface area contributed by atoms with Crippen LogP contribution in [0.5, 0.6) is 0 Å². The Bertz CT molecular complexity index is 549. The van der Waals surface area contributed by atoms with Gasteiger partial charge in [0.05, 0.1) is 6.04 Å². The van der Waals surface area contributed by atoms with Gasteiger partial charge in [-0.2, -0.15) is 5.10 Å². The molecule has 0 spiro atoms. The highest BCUT2D eigenvalue weighted by atomic mass is 15.4. The first-order chi connectivity index (χ1) is 8.75. The molecular formula is C11H17N7. The van der Waals surface area contributed by atoms with Crippen LogP contribution < -0.4 is 5.84 Å². The number of aromatic nitrogens is 5. The van der Waals surface area contributed by atoms with Crippen LogP contribution in [0.3, 0.4) is 0 Å². The van der Waals surface area contributed by atoms with E-state index in [-0.39, 0.29) is 6.04 Å². The van der Waals surface area contributed by atoms with Crippen LogP contribution in [0.25, 0.3) is 11.2 Å². The number of aromatic amines is 1. The lowest BCUT2D eigenvalue weighted by atomic mass is 10.1. The molecule has 1 aliphatic rings. The molecule has 2 aromatic heterocycles. The van der Waals surface area contributed by atoms with E-state index in [0.29, 0.717) is 11.5 Å². The minimum atomic E-state index is 0.123. The number of hydrogen-bond acceptors (Lipinski definition) is 6. The summed E-state index contributed by atoms with van der Waals surface area (Å²) in [7, 11) is 0. The predicted octanol–water partition coefficient (Wildman–Crippen LogP) is 0.847. The Labute approximate surface area is 105 Å². The van der Waals surface area contributed by atoms with Gasteiger partial charge in [0.15, 0.2) is 5.65 Å². The van der Waals surface area contributed by atoms with Crippen molar-refractivity contribution in [1.82, 2.24) is 30.4 Å². The second-order valence-electron chi connectivity index (χ2n) is 4.77. The molecule has 3 heterocycles. The van der Waals surface area contributed by atoms with Crippen molar-refractivity contribution in [2.75, 3.05) is 6.54 Å². The number of hydrazine groups is 1. The molecule has 0 aliphatic carbocycles. The summed E-state index contributed by atoms with van der Waals surface area (Å²) in [4.78, 5) is 4.43. The molecule has 7 nitrogen and oxygen atoms in total. The molecule has 0 amide bonds. The monoisotopic (exact) mass is 247 g/mol. The van der Waals surface area contributed by atoms with Crippen LogP contribution in [-0.4, -0.2) is 36.9 Å². The normalized spacial score (nSPS) is 22.2. The number of nitrogens with two attached hydrogens (primary N) is 1. The van der Waals surface area contributed by atoms with Gasteiger partial charge in [-0.05, 0) is 19.8 Å². The van der Waals surface area contributed by atoms with Crippen molar-refractivity contribution in [3.05, 3.63) is 11.5 Å². The fourth-order valence-electron chi connectivity index (χ4n) is 2.48. The molecule has 0 radical (unpaired) electrons. The van der Waals surface area contributed by atoms with E-state index in [4.69, 9.17) is 5.84 Å². The van der Waals surface area contributed by atoms with Gasteiger partial charge < -0.3 is 0 Å². The third-order valence-electron chi connectivity index (χ3n) is 3.43. The maximum atomic E-state index is 6.11. The lowest BCUT2D eigenvalue weighted by Gasteiger charge is -2.23. The Hall–Kier alpha value is -1.60. The van der Waals surface area contributed by atoms with Crippen molar-refractivity contribution < 1.29 is 0 Å².